The molecular weight excluding hydrogens is 451 g/mol. The summed E-state index contributed by atoms with van der Waals surface area (Å²) in [6, 6.07) is 6.70. The summed E-state index contributed by atoms with van der Waals surface area (Å²) in [5.74, 6) is 0.122. The second-order valence-electron chi connectivity index (χ2n) is 9.48. The quantitative estimate of drug-likeness (QED) is 0.382. The molecule has 1 unspecified atom stereocenters. The van der Waals surface area contributed by atoms with Crippen molar-refractivity contribution < 1.29 is 27.4 Å². The molecule has 0 amide bonds. The van der Waals surface area contributed by atoms with Crippen molar-refractivity contribution in [2.75, 3.05) is 19.8 Å². The molecule has 1 aliphatic rings. The van der Waals surface area contributed by atoms with E-state index in [2.05, 4.69) is 25.5 Å². The zero-order valence-electron chi connectivity index (χ0n) is 19.4. The van der Waals surface area contributed by atoms with Gasteiger partial charge in [0.2, 0.25) is 0 Å². The molecule has 182 valence electrons. The van der Waals surface area contributed by atoms with Crippen LogP contribution in [0.2, 0.25) is 0 Å². The molecule has 4 rings (SSSR count). The lowest BCUT2D eigenvalue weighted by Crippen LogP contribution is -2.35. The lowest BCUT2D eigenvalue weighted by molar-refractivity contribution is -0.175. The fourth-order valence-electron chi connectivity index (χ4n) is 4.25. The molecule has 0 saturated carbocycles. The summed E-state index contributed by atoms with van der Waals surface area (Å²) >= 11 is 0. The van der Waals surface area contributed by atoms with Gasteiger partial charge >= 0.3 is 6.18 Å². The van der Waals surface area contributed by atoms with Gasteiger partial charge in [0.1, 0.15) is 24.5 Å². The maximum Gasteiger partial charge on any atom is 0.411 e. The van der Waals surface area contributed by atoms with Crippen LogP contribution in [0, 0.1) is 5.41 Å². The van der Waals surface area contributed by atoms with Gasteiger partial charge in [-0.3, -0.25) is 14.3 Å². The van der Waals surface area contributed by atoms with Crippen molar-refractivity contribution in [2.45, 2.75) is 46.5 Å². The third kappa shape index (κ3) is 4.59. The summed E-state index contributed by atoms with van der Waals surface area (Å²) in [4.78, 5) is 24.8. The first-order valence-corrected chi connectivity index (χ1v) is 10.9. The van der Waals surface area contributed by atoms with E-state index in [1.54, 1.807) is 18.3 Å². The number of alkyl halides is 3. The Kier molecular flexibility index (Phi) is 6.05. The number of pyridine rings is 1. The highest BCUT2D eigenvalue weighted by atomic mass is 19.4. The van der Waals surface area contributed by atoms with Crippen LogP contribution in [0.4, 0.5) is 13.2 Å². The molecule has 7 nitrogen and oxygen atoms in total. The largest absolute Gasteiger partial charge is 0.489 e. The number of halogens is 3. The minimum absolute atomic E-state index is 0.0694. The summed E-state index contributed by atoms with van der Waals surface area (Å²) in [5, 5.41) is 5.47. The van der Waals surface area contributed by atoms with Gasteiger partial charge in [-0.2, -0.15) is 18.3 Å². The van der Waals surface area contributed by atoms with E-state index in [0.717, 1.165) is 11.1 Å². The lowest BCUT2D eigenvalue weighted by atomic mass is 9.84. The molecule has 0 N–H and O–H groups in total. The average molecular weight is 477 g/mol. The second-order valence-corrected chi connectivity index (χ2v) is 9.48. The molecule has 0 bridgehead atoms. The molecule has 0 saturated heterocycles. The van der Waals surface area contributed by atoms with E-state index < -0.39 is 12.8 Å². The van der Waals surface area contributed by atoms with Gasteiger partial charge in [-0.25, -0.2) is 0 Å². The van der Waals surface area contributed by atoms with E-state index in [4.69, 9.17) is 9.84 Å². The molecule has 34 heavy (non-hydrogen) atoms. The van der Waals surface area contributed by atoms with Crippen LogP contribution >= 0.6 is 0 Å². The van der Waals surface area contributed by atoms with Crippen LogP contribution in [0.25, 0.3) is 22.3 Å². The van der Waals surface area contributed by atoms with Crippen molar-refractivity contribution in [3.8, 4) is 17.1 Å². The van der Waals surface area contributed by atoms with E-state index in [1.165, 1.54) is 13.0 Å². The number of hydrogen-bond acceptors (Lipinski definition) is 5. The SMILES string of the molecule is CC(=O)c1cn2c(cc1=O)-c1c3cccc(OCCOCC(F)(F)F)c3nn1CC2C(C)(C)C. The molecule has 3 aromatic rings. The minimum Gasteiger partial charge on any atom is -0.489 e. The summed E-state index contributed by atoms with van der Waals surface area (Å²) in [5.41, 5.74) is 1.48. The third-order valence-electron chi connectivity index (χ3n) is 5.87. The first-order valence-electron chi connectivity index (χ1n) is 10.9. The van der Waals surface area contributed by atoms with Crippen molar-refractivity contribution >= 4 is 16.7 Å². The molecule has 0 spiro atoms. The Morgan fingerprint density at radius 2 is 1.94 bits per heavy atom. The Labute approximate surface area is 194 Å². The number of ketones is 1. The van der Waals surface area contributed by atoms with Gasteiger partial charge in [-0.15, -0.1) is 0 Å². The fraction of sp³-hybridized carbons (Fsp3) is 0.458. The second kappa shape index (κ2) is 8.57. The van der Waals surface area contributed by atoms with E-state index in [0.29, 0.717) is 23.5 Å². The molecule has 0 aliphatic carbocycles. The number of carbonyl (C=O) groups is 1. The molecule has 2 aromatic heterocycles. The fourth-order valence-corrected chi connectivity index (χ4v) is 4.25. The molecule has 1 atom stereocenters. The molecule has 0 radical (unpaired) electrons. The number of ether oxygens (including phenoxy) is 2. The highest BCUT2D eigenvalue weighted by molar-refractivity contribution is 5.97. The molecule has 3 heterocycles. The van der Waals surface area contributed by atoms with Gasteiger partial charge in [-0.1, -0.05) is 32.9 Å². The number of hydrogen-bond donors (Lipinski definition) is 0. The summed E-state index contributed by atoms with van der Waals surface area (Å²) in [6.07, 6.45) is -2.75. The molecule has 1 aromatic carbocycles. The third-order valence-corrected chi connectivity index (χ3v) is 5.87. The zero-order chi connectivity index (χ0) is 24.8. The number of fused-ring (bicyclic) bond motifs is 5. The van der Waals surface area contributed by atoms with Crippen molar-refractivity contribution in [3.63, 3.8) is 0 Å². The lowest BCUT2D eigenvalue weighted by Gasteiger charge is -2.38. The first kappa shape index (κ1) is 24.0. The van der Waals surface area contributed by atoms with Gasteiger partial charge in [-0.05, 0) is 18.4 Å². The normalized spacial score (nSPS) is 15.8. The van der Waals surface area contributed by atoms with Gasteiger partial charge in [0.25, 0.3) is 0 Å². The van der Waals surface area contributed by atoms with Crippen LogP contribution < -0.4 is 10.2 Å². The minimum atomic E-state index is -4.39. The van der Waals surface area contributed by atoms with Crippen LogP contribution in [0.1, 0.15) is 44.1 Å². The topological polar surface area (TPSA) is 75.3 Å². The molecule has 10 heteroatoms. The Balaban J connectivity index is 1.75. The highest BCUT2D eigenvalue weighted by Crippen LogP contribution is 2.43. The standard InChI is InChI=1S/C24H26F3N3O4/c1-14(31)16-11-29-17(10-18(16)32)22-15-6-5-7-19(34-9-8-33-13-24(25,26)27)21(15)28-30(22)12-20(29)23(2,3)4/h5-7,10-11,20H,8-9,12-13H2,1-4H3. The zero-order valence-corrected chi connectivity index (χ0v) is 19.4. The predicted octanol–water partition coefficient (Wildman–Crippen LogP) is 4.63. The van der Waals surface area contributed by atoms with E-state index >= 15 is 0 Å². The van der Waals surface area contributed by atoms with Crippen molar-refractivity contribution in [1.29, 1.82) is 0 Å². The maximum atomic E-state index is 12.7. The number of rotatable bonds is 6. The Hall–Kier alpha value is -3.14. The molecular formula is C24H26F3N3O4. The Bertz CT molecular complexity index is 1300. The predicted molar refractivity (Wildman–Crippen MR) is 120 cm³/mol. The monoisotopic (exact) mass is 477 g/mol. The average Bonchev–Trinajstić information content (AvgIpc) is 3.10. The number of aromatic nitrogens is 3. The van der Waals surface area contributed by atoms with Crippen molar-refractivity contribution in [3.05, 3.63) is 46.2 Å². The summed E-state index contributed by atoms with van der Waals surface area (Å²) < 4.78 is 50.9. The van der Waals surface area contributed by atoms with Crippen LogP contribution in [0.3, 0.4) is 0 Å². The Morgan fingerprint density at radius 1 is 1.21 bits per heavy atom. The number of Topliss-reactive ketones (excluding diaryl/α,β-unsaturated/α-hetero) is 1. The van der Waals surface area contributed by atoms with Crippen LogP contribution in [0.15, 0.2) is 35.3 Å². The summed E-state index contributed by atoms with van der Waals surface area (Å²) in [6.45, 7) is 6.50. The van der Waals surface area contributed by atoms with Crippen LogP contribution in [-0.4, -0.2) is 46.1 Å². The van der Waals surface area contributed by atoms with Crippen molar-refractivity contribution in [2.24, 2.45) is 5.41 Å². The van der Waals surface area contributed by atoms with Gasteiger partial charge in [0.05, 0.1) is 36.1 Å². The van der Waals surface area contributed by atoms with Gasteiger partial charge < -0.3 is 14.0 Å². The van der Waals surface area contributed by atoms with Crippen LogP contribution in [0.5, 0.6) is 5.75 Å². The molecule has 1 aliphatic heterocycles. The molecule has 0 fully saturated rings. The number of carbonyl (C=O) groups excluding carboxylic acids is 1. The number of benzene rings is 1. The van der Waals surface area contributed by atoms with E-state index in [-0.39, 0.29) is 41.4 Å². The van der Waals surface area contributed by atoms with Gasteiger partial charge in [0.15, 0.2) is 11.2 Å². The van der Waals surface area contributed by atoms with E-state index in [1.807, 2.05) is 15.3 Å². The van der Waals surface area contributed by atoms with Crippen LogP contribution in [-0.2, 0) is 11.3 Å². The maximum absolute atomic E-state index is 12.7. The van der Waals surface area contributed by atoms with E-state index in [9.17, 15) is 22.8 Å². The van der Waals surface area contributed by atoms with Gasteiger partial charge in [0, 0.05) is 17.6 Å². The van der Waals surface area contributed by atoms with Crippen molar-refractivity contribution in [1.82, 2.24) is 14.3 Å². The number of nitrogens with zero attached hydrogens (tertiary/aromatic N) is 3. The first-order chi connectivity index (χ1) is 15.9. The Morgan fingerprint density at radius 3 is 2.59 bits per heavy atom. The smallest absolute Gasteiger partial charge is 0.411 e. The summed E-state index contributed by atoms with van der Waals surface area (Å²) in [7, 11) is 0. The highest BCUT2D eigenvalue weighted by Gasteiger charge is 2.35.